The number of hydrogen-bond acceptors (Lipinski definition) is 4. The molecular weight excluding hydrogens is 460 g/mol. The second kappa shape index (κ2) is 10.8. The average Bonchev–Trinajstić information content (AvgIpc) is 3.89. The fraction of sp³-hybridized carbons (Fsp3) is 0.273. The summed E-state index contributed by atoms with van der Waals surface area (Å²) >= 11 is 0. The van der Waals surface area contributed by atoms with E-state index in [1.54, 1.807) is 0 Å². The molecule has 0 N–H and O–H groups in total. The van der Waals surface area contributed by atoms with Crippen LogP contribution in [0.5, 0.6) is 11.5 Å². The fourth-order valence-electron chi connectivity index (χ4n) is 5.01. The highest BCUT2D eigenvalue weighted by Crippen LogP contribution is 2.44. The lowest BCUT2D eigenvalue weighted by Gasteiger charge is -2.36. The van der Waals surface area contributed by atoms with Crippen molar-refractivity contribution in [1.82, 2.24) is 0 Å². The summed E-state index contributed by atoms with van der Waals surface area (Å²) in [5, 5.41) is 0. The summed E-state index contributed by atoms with van der Waals surface area (Å²) in [6.07, 6.45) is 2.35. The summed E-state index contributed by atoms with van der Waals surface area (Å²) in [5.41, 5.74) is 4.74. The van der Waals surface area contributed by atoms with E-state index in [0.29, 0.717) is 13.2 Å². The maximum Gasteiger partial charge on any atom is 0.119 e. The molecule has 0 aromatic heterocycles. The van der Waals surface area contributed by atoms with Crippen LogP contribution in [0.1, 0.15) is 28.7 Å². The highest BCUT2D eigenvalue weighted by atomic mass is 16.6. The topological polar surface area (TPSA) is 43.5 Å². The Morgan fingerprint density at radius 3 is 1.46 bits per heavy atom. The van der Waals surface area contributed by atoms with Crippen LogP contribution in [0, 0.1) is 0 Å². The second-order valence-electron chi connectivity index (χ2n) is 9.84. The molecule has 2 fully saturated rings. The first-order valence-corrected chi connectivity index (χ1v) is 13.1. The maximum atomic E-state index is 5.95. The molecule has 0 radical (unpaired) electrons. The van der Waals surface area contributed by atoms with Gasteiger partial charge in [0.2, 0.25) is 0 Å². The van der Waals surface area contributed by atoms with Gasteiger partial charge in [-0.05, 0) is 59.4 Å². The first-order valence-electron chi connectivity index (χ1n) is 13.1. The Morgan fingerprint density at radius 1 is 0.568 bits per heavy atom. The lowest BCUT2D eigenvalue weighted by Crippen LogP contribution is -2.30. The van der Waals surface area contributed by atoms with Crippen molar-refractivity contribution in [3.8, 4) is 11.5 Å². The van der Waals surface area contributed by atoms with E-state index in [-0.39, 0.29) is 17.6 Å². The quantitative estimate of drug-likeness (QED) is 0.174. The Hall–Kier alpha value is -3.60. The van der Waals surface area contributed by atoms with Gasteiger partial charge in [-0.1, -0.05) is 84.9 Å². The first-order chi connectivity index (χ1) is 18.3. The average molecular weight is 493 g/mol. The third-order valence-corrected chi connectivity index (χ3v) is 7.27. The molecule has 2 unspecified atom stereocenters. The number of aryl methyl sites for hydroxylation is 1. The van der Waals surface area contributed by atoms with E-state index >= 15 is 0 Å². The third-order valence-electron chi connectivity index (χ3n) is 7.27. The van der Waals surface area contributed by atoms with E-state index < -0.39 is 0 Å². The van der Waals surface area contributed by atoms with Crippen LogP contribution < -0.4 is 9.47 Å². The molecule has 6 rings (SSSR count). The lowest BCUT2D eigenvalue weighted by molar-refractivity contribution is 0.263. The first kappa shape index (κ1) is 23.8. The van der Waals surface area contributed by atoms with Crippen LogP contribution in [0.15, 0.2) is 109 Å². The number of epoxide rings is 2. The van der Waals surface area contributed by atoms with E-state index in [1.807, 2.05) is 0 Å². The van der Waals surface area contributed by atoms with E-state index in [1.165, 1.54) is 22.3 Å². The molecule has 0 aliphatic carbocycles. The van der Waals surface area contributed by atoms with Gasteiger partial charge in [-0.25, -0.2) is 0 Å². The monoisotopic (exact) mass is 492 g/mol. The Morgan fingerprint density at radius 2 is 1.00 bits per heavy atom. The molecule has 188 valence electrons. The molecule has 2 aliphatic heterocycles. The van der Waals surface area contributed by atoms with E-state index in [4.69, 9.17) is 18.9 Å². The molecule has 4 nitrogen and oxygen atoms in total. The predicted molar refractivity (Wildman–Crippen MR) is 144 cm³/mol. The van der Waals surface area contributed by atoms with Gasteiger partial charge in [0.05, 0.1) is 13.2 Å². The Labute approximate surface area is 218 Å². The van der Waals surface area contributed by atoms with Gasteiger partial charge in [-0.3, -0.25) is 0 Å². The highest BCUT2D eigenvalue weighted by Gasteiger charge is 2.36. The summed E-state index contributed by atoms with van der Waals surface area (Å²) in [7, 11) is 0. The van der Waals surface area contributed by atoms with Gasteiger partial charge in [-0.2, -0.15) is 0 Å². The fourth-order valence-corrected chi connectivity index (χ4v) is 5.01. The minimum Gasteiger partial charge on any atom is -0.491 e. The van der Waals surface area contributed by atoms with Crippen LogP contribution in [-0.2, 0) is 21.3 Å². The summed E-state index contributed by atoms with van der Waals surface area (Å²) < 4.78 is 22.5. The van der Waals surface area contributed by atoms with Gasteiger partial charge in [0, 0.05) is 5.41 Å². The van der Waals surface area contributed by atoms with Crippen molar-refractivity contribution in [3.63, 3.8) is 0 Å². The van der Waals surface area contributed by atoms with Crippen molar-refractivity contribution in [1.29, 1.82) is 0 Å². The number of hydrogen-bond donors (Lipinski definition) is 0. The van der Waals surface area contributed by atoms with Crippen LogP contribution in [-0.4, -0.2) is 38.6 Å². The standard InChI is InChI=1S/C33H32O4/c1-3-7-25(8-4-1)19-20-33(26-9-5-2-6-10-26,27-11-15-29(16-12-27)34-21-31-23-36-31)28-13-17-30(18-14-28)35-22-32-24-37-32/h1-18,31-32H,19-24H2. The molecule has 0 amide bonds. The van der Waals surface area contributed by atoms with Gasteiger partial charge >= 0.3 is 0 Å². The minimum absolute atomic E-state index is 0.237. The number of rotatable bonds is 12. The zero-order chi connectivity index (χ0) is 24.9. The highest BCUT2D eigenvalue weighted by molar-refractivity contribution is 5.52. The van der Waals surface area contributed by atoms with Crippen LogP contribution in [0.3, 0.4) is 0 Å². The van der Waals surface area contributed by atoms with Crippen molar-refractivity contribution in [2.75, 3.05) is 26.4 Å². The molecule has 2 aliphatic rings. The van der Waals surface area contributed by atoms with E-state index in [2.05, 4.69) is 109 Å². The summed E-state index contributed by atoms with van der Waals surface area (Å²) in [5.74, 6) is 1.74. The molecule has 4 heteroatoms. The molecule has 0 bridgehead atoms. The Kier molecular flexibility index (Phi) is 6.94. The second-order valence-corrected chi connectivity index (χ2v) is 9.84. The maximum absolute atomic E-state index is 5.95. The van der Waals surface area contributed by atoms with Gasteiger partial charge in [-0.15, -0.1) is 0 Å². The summed E-state index contributed by atoms with van der Waals surface area (Å²) in [6, 6.07) is 38.8. The van der Waals surface area contributed by atoms with Crippen LogP contribution in [0.2, 0.25) is 0 Å². The SMILES string of the molecule is c1ccc(CCC(c2ccccc2)(c2ccc(OCC3CO3)cc2)c2ccc(OCC3CO3)cc2)cc1. The summed E-state index contributed by atoms with van der Waals surface area (Å²) in [4.78, 5) is 0. The molecule has 4 aromatic carbocycles. The number of ether oxygens (including phenoxy) is 4. The van der Waals surface area contributed by atoms with Gasteiger partial charge in [0.15, 0.2) is 0 Å². The molecule has 0 spiro atoms. The molecule has 2 atom stereocenters. The molecule has 4 aromatic rings. The molecule has 2 heterocycles. The van der Waals surface area contributed by atoms with Crippen molar-refractivity contribution in [2.45, 2.75) is 30.5 Å². The number of benzene rings is 4. The van der Waals surface area contributed by atoms with Crippen LogP contribution in [0.4, 0.5) is 0 Å². The van der Waals surface area contributed by atoms with Gasteiger partial charge in [0.1, 0.15) is 36.9 Å². The van der Waals surface area contributed by atoms with Crippen molar-refractivity contribution in [3.05, 3.63) is 131 Å². The van der Waals surface area contributed by atoms with Crippen molar-refractivity contribution >= 4 is 0 Å². The van der Waals surface area contributed by atoms with Crippen molar-refractivity contribution < 1.29 is 18.9 Å². The molecule has 2 saturated heterocycles. The van der Waals surface area contributed by atoms with Crippen LogP contribution >= 0.6 is 0 Å². The largest absolute Gasteiger partial charge is 0.491 e. The molecule has 37 heavy (non-hydrogen) atoms. The van der Waals surface area contributed by atoms with E-state index in [9.17, 15) is 0 Å². The zero-order valence-corrected chi connectivity index (χ0v) is 20.9. The lowest BCUT2D eigenvalue weighted by atomic mass is 9.66. The molecular formula is C33H32O4. The van der Waals surface area contributed by atoms with Gasteiger partial charge < -0.3 is 18.9 Å². The van der Waals surface area contributed by atoms with Gasteiger partial charge in [0.25, 0.3) is 0 Å². The minimum atomic E-state index is -0.340. The molecule has 0 saturated carbocycles. The normalized spacial score (nSPS) is 19.6. The Bertz CT molecular complexity index is 1200. The van der Waals surface area contributed by atoms with Crippen molar-refractivity contribution in [2.24, 2.45) is 0 Å². The van der Waals surface area contributed by atoms with Crippen LogP contribution in [0.25, 0.3) is 0 Å². The smallest absolute Gasteiger partial charge is 0.119 e. The predicted octanol–water partition coefficient (Wildman–Crippen LogP) is 6.21. The Balaban J connectivity index is 1.38. The van der Waals surface area contributed by atoms with E-state index in [0.717, 1.165) is 37.6 Å². The zero-order valence-electron chi connectivity index (χ0n) is 20.9. The third kappa shape index (κ3) is 5.71. The summed E-state index contributed by atoms with van der Waals surface area (Å²) in [6.45, 7) is 2.79.